The predicted octanol–water partition coefficient (Wildman–Crippen LogP) is 4.29. The maximum Gasteiger partial charge on any atom is 0.201 e. The van der Waals surface area contributed by atoms with Crippen molar-refractivity contribution < 1.29 is 9.59 Å². The van der Waals surface area contributed by atoms with E-state index >= 15 is 0 Å². The van der Waals surface area contributed by atoms with Gasteiger partial charge in [-0.2, -0.15) is 0 Å². The molecule has 0 atom stereocenters. The lowest BCUT2D eigenvalue weighted by Gasteiger charge is -2.27. The number of carbonyl (C=O) groups excluding carboxylic acids is 2. The zero-order valence-electron chi connectivity index (χ0n) is 10.6. The highest BCUT2D eigenvalue weighted by atomic mass is 79.9. The van der Waals surface area contributed by atoms with Crippen molar-refractivity contribution in [2.75, 3.05) is 0 Å². The Morgan fingerprint density at radius 3 is 2.11 bits per heavy atom. The summed E-state index contributed by atoms with van der Waals surface area (Å²) in [4.78, 5) is 25.0. The zero-order valence-corrected chi connectivity index (χ0v) is 12.2. The lowest BCUT2D eigenvalue weighted by atomic mass is 9.77. The summed E-state index contributed by atoms with van der Waals surface area (Å²) >= 11 is 3.38. The van der Waals surface area contributed by atoms with Crippen molar-refractivity contribution in [3.63, 3.8) is 0 Å². The third-order valence-electron chi connectivity index (χ3n) is 4.11. The maximum absolute atomic E-state index is 12.6. The van der Waals surface area contributed by atoms with Crippen molar-refractivity contribution in [2.45, 2.75) is 32.1 Å². The van der Waals surface area contributed by atoms with Gasteiger partial charge in [0.1, 0.15) is 0 Å². The molecule has 0 spiro atoms. The van der Waals surface area contributed by atoms with E-state index in [9.17, 15) is 9.59 Å². The second-order valence-corrected chi connectivity index (χ2v) is 6.06. The summed E-state index contributed by atoms with van der Waals surface area (Å²) in [6.45, 7) is 0. The molecule has 0 heterocycles. The molecule has 19 heavy (non-hydrogen) atoms. The van der Waals surface area contributed by atoms with Gasteiger partial charge in [0, 0.05) is 16.7 Å². The largest absolute Gasteiger partial charge is 0.289 e. The molecular weight excluding hydrogens is 304 g/mol. The standard InChI is InChI=1S/C16H15BrO2/c17-14-13(10-6-2-1-3-7-10)15(18)11-8-4-5-9-12(11)16(14)19/h4-5,8-10H,1-3,6-7H2. The Morgan fingerprint density at radius 2 is 1.47 bits per heavy atom. The van der Waals surface area contributed by atoms with Crippen molar-refractivity contribution >= 4 is 27.5 Å². The van der Waals surface area contributed by atoms with E-state index in [-0.39, 0.29) is 17.5 Å². The second kappa shape index (κ2) is 5.04. The molecule has 2 nitrogen and oxygen atoms in total. The number of benzene rings is 1. The van der Waals surface area contributed by atoms with Crippen LogP contribution in [0.4, 0.5) is 0 Å². The van der Waals surface area contributed by atoms with Crippen LogP contribution in [0.1, 0.15) is 52.8 Å². The first-order valence-electron chi connectivity index (χ1n) is 6.78. The summed E-state index contributed by atoms with van der Waals surface area (Å²) in [5.41, 5.74) is 1.80. The number of allylic oxidation sites excluding steroid dienone is 2. The second-order valence-electron chi connectivity index (χ2n) is 5.27. The molecule has 3 rings (SSSR count). The number of carbonyl (C=O) groups is 2. The molecule has 0 saturated heterocycles. The van der Waals surface area contributed by atoms with Gasteiger partial charge >= 0.3 is 0 Å². The van der Waals surface area contributed by atoms with Crippen molar-refractivity contribution in [3.8, 4) is 0 Å². The lowest BCUT2D eigenvalue weighted by Crippen LogP contribution is -2.25. The Hall–Kier alpha value is -1.22. The monoisotopic (exact) mass is 318 g/mol. The Labute approximate surface area is 121 Å². The van der Waals surface area contributed by atoms with Gasteiger partial charge in [-0.25, -0.2) is 0 Å². The van der Waals surface area contributed by atoms with Gasteiger partial charge in [-0.3, -0.25) is 9.59 Å². The van der Waals surface area contributed by atoms with E-state index in [4.69, 9.17) is 0 Å². The molecule has 2 aliphatic carbocycles. The van der Waals surface area contributed by atoms with Crippen LogP contribution in [-0.2, 0) is 0 Å². The smallest absolute Gasteiger partial charge is 0.201 e. The van der Waals surface area contributed by atoms with Crippen molar-refractivity contribution in [1.82, 2.24) is 0 Å². The van der Waals surface area contributed by atoms with Crippen LogP contribution >= 0.6 is 15.9 Å². The summed E-state index contributed by atoms with van der Waals surface area (Å²) < 4.78 is 0.489. The number of Topliss-reactive ketones (excluding diaryl/α,β-unsaturated/α-hetero) is 2. The van der Waals surface area contributed by atoms with Gasteiger partial charge < -0.3 is 0 Å². The zero-order chi connectivity index (χ0) is 13.4. The van der Waals surface area contributed by atoms with Gasteiger partial charge in [-0.1, -0.05) is 43.5 Å². The fraction of sp³-hybridized carbons (Fsp3) is 0.375. The normalized spacial score (nSPS) is 20.7. The number of ketones is 2. The minimum Gasteiger partial charge on any atom is -0.289 e. The van der Waals surface area contributed by atoms with Crippen LogP contribution in [0.3, 0.4) is 0 Å². The highest BCUT2D eigenvalue weighted by molar-refractivity contribution is 9.12. The van der Waals surface area contributed by atoms with Crippen molar-refractivity contribution in [3.05, 3.63) is 45.4 Å². The first-order valence-corrected chi connectivity index (χ1v) is 7.57. The fourth-order valence-electron chi connectivity index (χ4n) is 3.12. The van der Waals surface area contributed by atoms with E-state index in [0.717, 1.165) is 25.7 Å². The Balaban J connectivity index is 2.07. The van der Waals surface area contributed by atoms with Gasteiger partial charge in [0.2, 0.25) is 5.78 Å². The molecule has 0 unspecified atom stereocenters. The summed E-state index contributed by atoms with van der Waals surface area (Å²) in [6, 6.07) is 7.12. The predicted molar refractivity (Wildman–Crippen MR) is 77.6 cm³/mol. The van der Waals surface area contributed by atoms with E-state index < -0.39 is 0 Å². The van der Waals surface area contributed by atoms with E-state index in [1.165, 1.54) is 6.42 Å². The third kappa shape index (κ3) is 2.10. The van der Waals surface area contributed by atoms with Crippen molar-refractivity contribution in [1.29, 1.82) is 0 Å². The summed E-state index contributed by atoms with van der Waals surface area (Å²) in [5.74, 6) is 0.234. The van der Waals surface area contributed by atoms with Crippen LogP contribution in [0.25, 0.3) is 0 Å². The quantitative estimate of drug-likeness (QED) is 0.773. The molecule has 2 aliphatic rings. The number of hydrogen-bond acceptors (Lipinski definition) is 2. The molecule has 1 fully saturated rings. The SMILES string of the molecule is O=C1C(Br)=C(C2CCCCC2)C(=O)c2ccccc21. The van der Waals surface area contributed by atoms with Crippen LogP contribution < -0.4 is 0 Å². The van der Waals surface area contributed by atoms with E-state index in [0.29, 0.717) is 21.2 Å². The van der Waals surface area contributed by atoms with Gasteiger partial charge in [0.25, 0.3) is 0 Å². The summed E-state index contributed by atoms with van der Waals surface area (Å²) in [5, 5.41) is 0. The summed E-state index contributed by atoms with van der Waals surface area (Å²) in [7, 11) is 0. The number of hydrogen-bond donors (Lipinski definition) is 0. The molecule has 1 aromatic carbocycles. The highest BCUT2D eigenvalue weighted by Gasteiger charge is 2.35. The molecule has 0 bridgehead atoms. The Bertz CT molecular complexity index is 580. The van der Waals surface area contributed by atoms with Crippen LogP contribution in [0.15, 0.2) is 34.3 Å². The van der Waals surface area contributed by atoms with Crippen LogP contribution in [-0.4, -0.2) is 11.6 Å². The first kappa shape index (κ1) is 12.8. The molecule has 3 heteroatoms. The van der Waals surface area contributed by atoms with Crippen LogP contribution in [0.5, 0.6) is 0 Å². The Kier molecular flexibility index (Phi) is 3.40. The van der Waals surface area contributed by atoms with Gasteiger partial charge in [-0.15, -0.1) is 0 Å². The van der Waals surface area contributed by atoms with Crippen LogP contribution in [0, 0.1) is 5.92 Å². The minimum absolute atomic E-state index is 0.0361. The molecule has 0 radical (unpaired) electrons. The molecule has 0 aliphatic heterocycles. The molecule has 1 aromatic rings. The molecular formula is C16H15BrO2. The highest BCUT2D eigenvalue weighted by Crippen LogP contribution is 2.39. The van der Waals surface area contributed by atoms with E-state index in [1.807, 2.05) is 6.07 Å². The molecule has 0 amide bonds. The number of halogens is 1. The van der Waals surface area contributed by atoms with Crippen LogP contribution in [0.2, 0.25) is 0 Å². The number of fused-ring (bicyclic) bond motifs is 1. The lowest BCUT2D eigenvalue weighted by molar-refractivity contribution is 0.0968. The number of rotatable bonds is 1. The molecule has 98 valence electrons. The summed E-state index contributed by atoms with van der Waals surface area (Å²) in [6.07, 6.45) is 5.58. The molecule has 1 saturated carbocycles. The van der Waals surface area contributed by atoms with E-state index in [2.05, 4.69) is 15.9 Å². The molecule has 0 aromatic heterocycles. The maximum atomic E-state index is 12.6. The molecule has 0 N–H and O–H groups in total. The van der Waals surface area contributed by atoms with Crippen molar-refractivity contribution in [2.24, 2.45) is 5.92 Å². The average Bonchev–Trinajstić information content (AvgIpc) is 2.46. The Morgan fingerprint density at radius 1 is 0.895 bits per heavy atom. The fourth-order valence-corrected chi connectivity index (χ4v) is 3.84. The van der Waals surface area contributed by atoms with E-state index in [1.54, 1.807) is 18.2 Å². The van der Waals surface area contributed by atoms with Gasteiger partial charge in [-0.05, 0) is 34.7 Å². The van der Waals surface area contributed by atoms with Gasteiger partial charge in [0.05, 0.1) is 4.48 Å². The minimum atomic E-state index is -0.0456. The third-order valence-corrected chi connectivity index (χ3v) is 4.90. The average molecular weight is 319 g/mol. The first-order chi connectivity index (χ1) is 9.20. The van der Waals surface area contributed by atoms with Gasteiger partial charge in [0.15, 0.2) is 5.78 Å². The topological polar surface area (TPSA) is 34.1 Å².